The highest BCUT2D eigenvalue weighted by Crippen LogP contribution is 2.21. The molecule has 2 aromatic carbocycles. The zero-order valence-electron chi connectivity index (χ0n) is 14.1. The third-order valence-electron chi connectivity index (χ3n) is 3.72. The highest BCUT2D eigenvalue weighted by molar-refractivity contribution is 6.29. The lowest BCUT2D eigenvalue weighted by molar-refractivity contribution is -0.111. The van der Waals surface area contributed by atoms with Gasteiger partial charge in [-0.3, -0.25) is 4.79 Å². The van der Waals surface area contributed by atoms with Crippen molar-refractivity contribution in [2.45, 2.75) is 0 Å². The quantitative estimate of drug-likeness (QED) is 0.553. The van der Waals surface area contributed by atoms with Crippen LogP contribution in [0.15, 0.2) is 77.4 Å². The van der Waals surface area contributed by atoms with Gasteiger partial charge in [0.2, 0.25) is 0 Å². The van der Waals surface area contributed by atoms with Crippen LogP contribution in [0.1, 0.15) is 21.7 Å². The molecule has 5 heteroatoms. The predicted octanol–water partition coefficient (Wildman–Crippen LogP) is 4.25. The molecule has 3 rings (SSSR count). The molecule has 1 aromatic heterocycles. The number of hydrogen-bond acceptors (Lipinski definition) is 4. The first-order valence-corrected chi connectivity index (χ1v) is 7.98. The maximum absolute atomic E-state index is 12.8. The lowest BCUT2D eigenvalue weighted by Gasteiger charge is -2.10. The first kappa shape index (κ1) is 17.2. The van der Waals surface area contributed by atoms with Crippen LogP contribution in [0.3, 0.4) is 0 Å². The molecule has 0 fully saturated rings. The smallest absolute Gasteiger partial charge is 0.337 e. The van der Waals surface area contributed by atoms with Crippen molar-refractivity contribution >= 4 is 29.2 Å². The van der Waals surface area contributed by atoms with Gasteiger partial charge in [-0.25, -0.2) is 4.79 Å². The maximum Gasteiger partial charge on any atom is 0.337 e. The number of rotatable bonds is 5. The Hall–Kier alpha value is -3.60. The van der Waals surface area contributed by atoms with Gasteiger partial charge in [0.05, 0.1) is 24.5 Å². The van der Waals surface area contributed by atoms with Crippen molar-refractivity contribution in [2.24, 2.45) is 0 Å². The molecule has 0 bridgehead atoms. The number of hydrogen-bond donors (Lipinski definition) is 1. The van der Waals surface area contributed by atoms with Gasteiger partial charge in [0.15, 0.2) is 0 Å². The molecule has 0 saturated heterocycles. The van der Waals surface area contributed by atoms with Gasteiger partial charge < -0.3 is 14.5 Å². The summed E-state index contributed by atoms with van der Waals surface area (Å²) in [6.07, 6.45) is 3.24. The Kier molecular flexibility index (Phi) is 5.29. The number of amides is 1. The SMILES string of the molecule is COC(=O)c1ccc(NC(=O)/C(=C/c2ccco2)c2ccccc2)cc1. The van der Waals surface area contributed by atoms with E-state index in [2.05, 4.69) is 10.1 Å². The van der Waals surface area contributed by atoms with Crippen molar-refractivity contribution in [1.82, 2.24) is 0 Å². The van der Waals surface area contributed by atoms with Gasteiger partial charge in [0.1, 0.15) is 5.76 Å². The number of nitrogens with one attached hydrogen (secondary N) is 1. The number of furan rings is 1. The van der Waals surface area contributed by atoms with E-state index in [0.717, 1.165) is 5.56 Å². The van der Waals surface area contributed by atoms with E-state index in [-0.39, 0.29) is 5.91 Å². The van der Waals surface area contributed by atoms with Crippen molar-refractivity contribution in [3.63, 3.8) is 0 Å². The van der Waals surface area contributed by atoms with Gasteiger partial charge in [0, 0.05) is 5.69 Å². The summed E-state index contributed by atoms with van der Waals surface area (Å²) in [6.45, 7) is 0. The molecule has 1 amide bonds. The first-order chi connectivity index (χ1) is 12.7. The first-order valence-electron chi connectivity index (χ1n) is 7.98. The lowest BCUT2D eigenvalue weighted by atomic mass is 10.0. The molecule has 0 aliphatic carbocycles. The minimum absolute atomic E-state index is 0.279. The molecule has 1 N–H and O–H groups in total. The lowest BCUT2D eigenvalue weighted by Crippen LogP contribution is -2.13. The summed E-state index contributed by atoms with van der Waals surface area (Å²) < 4.78 is 10.00. The average molecular weight is 347 g/mol. The Balaban J connectivity index is 1.85. The van der Waals surface area contributed by atoms with Gasteiger partial charge in [-0.05, 0) is 48.0 Å². The third-order valence-corrected chi connectivity index (χ3v) is 3.72. The van der Waals surface area contributed by atoms with Crippen LogP contribution in [0.2, 0.25) is 0 Å². The van der Waals surface area contributed by atoms with Gasteiger partial charge in [0.25, 0.3) is 5.91 Å². The fourth-order valence-corrected chi connectivity index (χ4v) is 2.42. The van der Waals surface area contributed by atoms with E-state index in [4.69, 9.17) is 4.42 Å². The number of methoxy groups -OCH3 is 1. The van der Waals surface area contributed by atoms with Crippen LogP contribution in [0.5, 0.6) is 0 Å². The topological polar surface area (TPSA) is 68.5 Å². The Morgan fingerprint density at radius 1 is 0.923 bits per heavy atom. The number of ether oxygens (including phenoxy) is 1. The fourth-order valence-electron chi connectivity index (χ4n) is 2.42. The van der Waals surface area contributed by atoms with E-state index in [0.29, 0.717) is 22.6 Å². The van der Waals surface area contributed by atoms with E-state index < -0.39 is 5.97 Å². The molecule has 130 valence electrons. The van der Waals surface area contributed by atoms with E-state index in [1.807, 2.05) is 30.3 Å². The van der Waals surface area contributed by atoms with E-state index in [1.165, 1.54) is 7.11 Å². The molecular weight excluding hydrogens is 330 g/mol. The second-order valence-electron chi connectivity index (χ2n) is 5.46. The van der Waals surface area contributed by atoms with E-state index in [1.54, 1.807) is 48.7 Å². The van der Waals surface area contributed by atoms with Crippen molar-refractivity contribution in [1.29, 1.82) is 0 Å². The number of carbonyl (C=O) groups excluding carboxylic acids is 2. The summed E-state index contributed by atoms with van der Waals surface area (Å²) >= 11 is 0. The molecular formula is C21H17NO4. The predicted molar refractivity (Wildman–Crippen MR) is 99.4 cm³/mol. The number of carbonyl (C=O) groups is 2. The van der Waals surface area contributed by atoms with Crippen molar-refractivity contribution in [2.75, 3.05) is 12.4 Å². The average Bonchev–Trinajstić information content (AvgIpc) is 3.20. The van der Waals surface area contributed by atoms with Crippen LogP contribution in [-0.2, 0) is 9.53 Å². The molecule has 5 nitrogen and oxygen atoms in total. The zero-order chi connectivity index (χ0) is 18.4. The Bertz CT molecular complexity index is 910. The van der Waals surface area contributed by atoms with Crippen LogP contribution in [0.25, 0.3) is 11.6 Å². The van der Waals surface area contributed by atoms with Crippen LogP contribution >= 0.6 is 0 Å². The zero-order valence-corrected chi connectivity index (χ0v) is 14.1. The van der Waals surface area contributed by atoms with Crippen LogP contribution < -0.4 is 5.32 Å². The van der Waals surface area contributed by atoms with Gasteiger partial charge in [-0.15, -0.1) is 0 Å². The number of esters is 1. The van der Waals surface area contributed by atoms with Crippen molar-refractivity contribution in [3.8, 4) is 0 Å². The Labute approximate surface area is 150 Å². The Morgan fingerprint density at radius 3 is 2.27 bits per heavy atom. The largest absolute Gasteiger partial charge is 0.465 e. The summed E-state index contributed by atoms with van der Waals surface area (Å²) in [5.74, 6) is -0.121. The van der Waals surface area contributed by atoms with Crippen LogP contribution in [-0.4, -0.2) is 19.0 Å². The summed E-state index contributed by atoms with van der Waals surface area (Å²) in [7, 11) is 1.32. The molecule has 0 aliphatic heterocycles. The molecule has 0 aliphatic rings. The Morgan fingerprint density at radius 2 is 1.65 bits per heavy atom. The van der Waals surface area contributed by atoms with E-state index >= 15 is 0 Å². The van der Waals surface area contributed by atoms with Crippen LogP contribution in [0, 0.1) is 0 Å². The normalized spacial score (nSPS) is 11.0. The van der Waals surface area contributed by atoms with Gasteiger partial charge >= 0.3 is 5.97 Å². The van der Waals surface area contributed by atoms with Gasteiger partial charge in [-0.1, -0.05) is 30.3 Å². The van der Waals surface area contributed by atoms with Gasteiger partial charge in [-0.2, -0.15) is 0 Å². The molecule has 0 saturated carbocycles. The minimum atomic E-state index is -0.425. The molecule has 1 heterocycles. The van der Waals surface area contributed by atoms with Crippen molar-refractivity contribution in [3.05, 3.63) is 89.9 Å². The molecule has 0 atom stereocenters. The molecule has 0 unspecified atom stereocenters. The van der Waals surface area contributed by atoms with E-state index in [9.17, 15) is 9.59 Å². The third kappa shape index (κ3) is 4.08. The summed E-state index contributed by atoms with van der Waals surface area (Å²) in [5, 5.41) is 2.84. The number of anilines is 1. The second-order valence-corrected chi connectivity index (χ2v) is 5.46. The number of benzene rings is 2. The van der Waals surface area contributed by atoms with Crippen molar-refractivity contribution < 1.29 is 18.7 Å². The summed E-state index contributed by atoms with van der Waals surface area (Å²) in [4.78, 5) is 24.3. The molecule has 26 heavy (non-hydrogen) atoms. The highest BCUT2D eigenvalue weighted by Gasteiger charge is 2.14. The molecule has 3 aromatic rings. The minimum Gasteiger partial charge on any atom is -0.465 e. The maximum atomic E-state index is 12.8. The summed E-state index contributed by atoms with van der Waals surface area (Å²) in [5.41, 5.74) is 2.23. The highest BCUT2D eigenvalue weighted by atomic mass is 16.5. The fraction of sp³-hybridized carbons (Fsp3) is 0.0476. The standard InChI is InChI=1S/C21H17NO4/c1-25-21(24)16-9-11-17(12-10-16)22-20(23)19(14-18-8-5-13-26-18)15-6-3-2-4-7-15/h2-14H,1H3,(H,22,23)/b19-14+. The summed E-state index contributed by atoms with van der Waals surface area (Å²) in [6, 6.07) is 19.4. The monoisotopic (exact) mass is 347 g/mol. The molecule has 0 radical (unpaired) electrons. The van der Waals surface area contributed by atoms with Crippen LogP contribution in [0.4, 0.5) is 5.69 Å². The molecule has 0 spiro atoms. The second kappa shape index (κ2) is 7.98.